The molecule has 20 heavy (non-hydrogen) atoms. The van der Waals surface area contributed by atoms with E-state index < -0.39 is 0 Å². The summed E-state index contributed by atoms with van der Waals surface area (Å²) in [5.41, 5.74) is 0.869. The third kappa shape index (κ3) is 2.97. The predicted octanol–water partition coefficient (Wildman–Crippen LogP) is 3.09. The molecule has 1 N–H and O–H groups in total. The smallest absolute Gasteiger partial charge is 0.264 e. The highest BCUT2D eigenvalue weighted by molar-refractivity contribution is 8.01. The van der Waals surface area contributed by atoms with Crippen molar-refractivity contribution >= 4 is 40.6 Å². The van der Waals surface area contributed by atoms with E-state index in [1.807, 2.05) is 23.9 Å². The van der Waals surface area contributed by atoms with Crippen LogP contribution in [0.25, 0.3) is 10.6 Å². The second-order valence-corrected chi connectivity index (χ2v) is 7.14. The first-order chi connectivity index (χ1) is 9.74. The van der Waals surface area contributed by atoms with Gasteiger partial charge in [0.2, 0.25) is 0 Å². The molecule has 2 aromatic rings. The lowest BCUT2D eigenvalue weighted by atomic mass is 10.3. The Labute approximate surface area is 130 Å². The highest BCUT2D eigenvalue weighted by atomic mass is 35.5. The summed E-state index contributed by atoms with van der Waals surface area (Å²) in [7, 11) is 0. The molecule has 0 radical (unpaired) electrons. The first-order valence-electron chi connectivity index (χ1n) is 6.20. The summed E-state index contributed by atoms with van der Waals surface area (Å²) in [5, 5.41) is 4.43. The number of carbonyl (C=O) groups is 1. The lowest BCUT2D eigenvalue weighted by molar-refractivity contribution is 0.0957. The molecule has 1 amide bonds. The van der Waals surface area contributed by atoms with Gasteiger partial charge in [0, 0.05) is 29.8 Å². The average molecular weight is 326 g/mol. The van der Waals surface area contributed by atoms with Crippen LogP contribution in [0.1, 0.15) is 16.1 Å². The second-order valence-electron chi connectivity index (χ2n) is 4.37. The summed E-state index contributed by atoms with van der Waals surface area (Å²) in [6, 6.07) is 3.73. The van der Waals surface area contributed by atoms with Gasteiger partial charge < -0.3 is 5.32 Å². The number of nitrogens with one attached hydrogen (secondary N) is 1. The van der Waals surface area contributed by atoms with Crippen LogP contribution in [-0.4, -0.2) is 33.4 Å². The molecule has 2 aromatic heterocycles. The molecule has 0 aromatic carbocycles. The van der Waals surface area contributed by atoms with Crippen LogP contribution < -0.4 is 5.32 Å². The van der Waals surface area contributed by atoms with E-state index in [9.17, 15) is 4.79 Å². The Balaban J connectivity index is 1.73. The van der Waals surface area contributed by atoms with E-state index in [-0.39, 0.29) is 11.1 Å². The van der Waals surface area contributed by atoms with Gasteiger partial charge in [-0.2, -0.15) is 11.8 Å². The standard InChI is InChI=1S/C13H12ClN3OS2/c14-11-10(12(18)16-7-9-3-5-19-9)20-13(17-11)8-2-1-4-15-6-8/h1-2,4,6,9H,3,5,7H2,(H,16,18). The maximum atomic E-state index is 12.1. The van der Waals surface area contributed by atoms with Gasteiger partial charge in [-0.25, -0.2) is 4.98 Å². The van der Waals surface area contributed by atoms with Crippen LogP contribution in [0.15, 0.2) is 24.5 Å². The molecule has 0 bridgehead atoms. The lowest BCUT2D eigenvalue weighted by Gasteiger charge is -2.24. The van der Waals surface area contributed by atoms with Crippen molar-refractivity contribution in [3.63, 3.8) is 0 Å². The number of thiazole rings is 1. The van der Waals surface area contributed by atoms with Gasteiger partial charge in [0.15, 0.2) is 5.15 Å². The van der Waals surface area contributed by atoms with Gasteiger partial charge >= 0.3 is 0 Å². The number of carbonyl (C=O) groups excluding carboxylic acids is 1. The van der Waals surface area contributed by atoms with Crippen molar-refractivity contribution in [3.8, 4) is 10.6 Å². The highest BCUT2D eigenvalue weighted by Crippen LogP contribution is 2.31. The van der Waals surface area contributed by atoms with E-state index in [1.165, 1.54) is 23.5 Å². The fourth-order valence-corrected chi connectivity index (χ4v) is 3.76. The molecule has 1 atom stereocenters. The minimum absolute atomic E-state index is 0.143. The van der Waals surface area contributed by atoms with Gasteiger partial charge in [-0.15, -0.1) is 11.3 Å². The maximum absolute atomic E-state index is 12.1. The number of nitrogens with zero attached hydrogens (tertiary/aromatic N) is 2. The number of hydrogen-bond acceptors (Lipinski definition) is 5. The molecule has 1 fully saturated rings. The summed E-state index contributed by atoms with van der Waals surface area (Å²) < 4.78 is 0. The molecular formula is C13H12ClN3OS2. The molecule has 3 heterocycles. The van der Waals surface area contributed by atoms with Crippen molar-refractivity contribution in [1.82, 2.24) is 15.3 Å². The van der Waals surface area contributed by atoms with Crippen LogP contribution in [-0.2, 0) is 0 Å². The van der Waals surface area contributed by atoms with Crippen molar-refractivity contribution in [2.75, 3.05) is 12.3 Å². The van der Waals surface area contributed by atoms with Crippen LogP contribution in [0.2, 0.25) is 5.15 Å². The Morgan fingerprint density at radius 2 is 2.40 bits per heavy atom. The predicted molar refractivity (Wildman–Crippen MR) is 83.6 cm³/mol. The molecule has 0 aliphatic carbocycles. The van der Waals surface area contributed by atoms with E-state index >= 15 is 0 Å². The Bertz CT molecular complexity index is 613. The Morgan fingerprint density at radius 1 is 1.55 bits per heavy atom. The van der Waals surface area contributed by atoms with Crippen molar-refractivity contribution in [2.24, 2.45) is 0 Å². The molecule has 7 heteroatoms. The van der Waals surface area contributed by atoms with Crippen molar-refractivity contribution in [3.05, 3.63) is 34.6 Å². The van der Waals surface area contributed by atoms with E-state index in [0.717, 1.165) is 5.56 Å². The number of amides is 1. The zero-order valence-electron chi connectivity index (χ0n) is 10.5. The number of hydrogen-bond donors (Lipinski definition) is 1. The van der Waals surface area contributed by atoms with Gasteiger partial charge in [-0.3, -0.25) is 9.78 Å². The molecule has 1 unspecified atom stereocenters. The zero-order valence-corrected chi connectivity index (χ0v) is 12.9. The van der Waals surface area contributed by atoms with E-state index in [1.54, 1.807) is 12.4 Å². The molecular weight excluding hydrogens is 314 g/mol. The van der Waals surface area contributed by atoms with Crippen molar-refractivity contribution < 1.29 is 4.79 Å². The van der Waals surface area contributed by atoms with Crippen LogP contribution in [0.4, 0.5) is 0 Å². The molecule has 4 nitrogen and oxygen atoms in total. The molecule has 0 spiro atoms. The minimum atomic E-state index is -0.143. The monoisotopic (exact) mass is 325 g/mol. The van der Waals surface area contributed by atoms with E-state index in [0.29, 0.717) is 21.7 Å². The van der Waals surface area contributed by atoms with Crippen molar-refractivity contribution in [1.29, 1.82) is 0 Å². The number of thioether (sulfide) groups is 1. The summed E-state index contributed by atoms with van der Waals surface area (Å²) in [6.45, 7) is 0.694. The third-order valence-corrected chi connectivity index (χ3v) is 5.82. The quantitative estimate of drug-likeness (QED) is 0.938. The maximum Gasteiger partial charge on any atom is 0.264 e. The first kappa shape index (κ1) is 13.9. The zero-order chi connectivity index (χ0) is 13.9. The lowest BCUT2D eigenvalue weighted by Crippen LogP contribution is -2.34. The van der Waals surface area contributed by atoms with Crippen molar-refractivity contribution in [2.45, 2.75) is 11.7 Å². The van der Waals surface area contributed by atoms with E-state index in [2.05, 4.69) is 15.3 Å². The summed E-state index contributed by atoms with van der Waals surface area (Å²) in [6.07, 6.45) is 4.58. The highest BCUT2D eigenvalue weighted by Gasteiger charge is 2.21. The van der Waals surface area contributed by atoms with E-state index in [4.69, 9.17) is 11.6 Å². The summed E-state index contributed by atoms with van der Waals surface area (Å²) in [5.74, 6) is 1.04. The van der Waals surface area contributed by atoms with Gasteiger partial charge in [-0.1, -0.05) is 11.6 Å². The Morgan fingerprint density at radius 3 is 3.05 bits per heavy atom. The fraction of sp³-hybridized carbons (Fsp3) is 0.308. The van der Waals surface area contributed by atoms with Gasteiger partial charge in [-0.05, 0) is 24.3 Å². The molecule has 1 aliphatic heterocycles. The summed E-state index contributed by atoms with van der Waals surface area (Å²) >= 11 is 9.24. The summed E-state index contributed by atoms with van der Waals surface area (Å²) in [4.78, 5) is 20.9. The van der Waals surface area contributed by atoms with Gasteiger partial charge in [0.05, 0.1) is 0 Å². The van der Waals surface area contributed by atoms with Crippen LogP contribution in [0.5, 0.6) is 0 Å². The number of rotatable bonds is 4. The molecule has 0 saturated carbocycles. The minimum Gasteiger partial charge on any atom is -0.350 e. The number of halogens is 1. The Kier molecular flexibility index (Phi) is 4.24. The third-order valence-electron chi connectivity index (χ3n) is 2.98. The van der Waals surface area contributed by atoms with Crippen LogP contribution >= 0.6 is 34.7 Å². The topological polar surface area (TPSA) is 54.9 Å². The van der Waals surface area contributed by atoms with Gasteiger partial charge in [0.1, 0.15) is 9.88 Å². The first-order valence-corrected chi connectivity index (χ1v) is 8.45. The SMILES string of the molecule is O=C(NCC1CCS1)c1sc(-c2cccnc2)nc1Cl. The second kappa shape index (κ2) is 6.11. The molecule has 3 rings (SSSR count). The fourth-order valence-electron chi connectivity index (χ4n) is 1.79. The molecule has 1 aliphatic rings. The molecule has 1 saturated heterocycles. The number of pyridine rings is 1. The number of aromatic nitrogens is 2. The van der Waals surface area contributed by atoms with Gasteiger partial charge in [0.25, 0.3) is 5.91 Å². The molecule has 104 valence electrons. The largest absolute Gasteiger partial charge is 0.350 e. The Hall–Kier alpha value is -1.11. The average Bonchev–Trinajstić information content (AvgIpc) is 2.80. The van der Waals surface area contributed by atoms with Crippen LogP contribution in [0.3, 0.4) is 0 Å². The normalized spacial score (nSPS) is 17.6. The van der Waals surface area contributed by atoms with Crippen LogP contribution in [0, 0.1) is 0 Å².